The molecular formula is C20H18N2O5. The number of rotatable bonds is 3. The molecule has 138 valence electrons. The first-order chi connectivity index (χ1) is 13.1. The van der Waals surface area contributed by atoms with Crippen LogP contribution in [0.25, 0.3) is 6.08 Å². The van der Waals surface area contributed by atoms with Crippen molar-refractivity contribution in [1.29, 1.82) is 0 Å². The van der Waals surface area contributed by atoms with Crippen molar-refractivity contribution >= 4 is 29.7 Å². The highest BCUT2D eigenvalue weighted by Gasteiger charge is 2.55. The third kappa shape index (κ3) is 3.12. The number of benzene rings is 1. The zero-order chi connectivity index (χ0) is 18.9. The SMILES string of the molecule is O=C(/C=C/c1ccco1)N1CCC2(CC1)OC(=O)N(c1ccccc1)C2=O. The van der Waals surface area contributed by atoms with Crippen molar-refractivity contribution in [3.63, 3.8) is 0 Å². The van der Waals surface area contributed by atoms with Gasteiger partial charge in [-0.1, -0.05) is 18.2 Å². The van der Waals surface area contributed by atoms with E-state index < -0.39 is 11.7 Å². The standard InChI is InChI=1S/C20H18N2O5/c23-17(9-8-16-7-4-14-26-16)21-12-10-20(11-13-21)18(24)22(19(25)27-20)15-5-2-1-3-6-15/h1-9,14H,10-13H2/b9-8+. The van der Waals surface area contributed by atoms with Gasteiger partial charge in [0.1, 0.15) is 5.76 Å². The van der Waals surface area contributed by atoms with E-state index in [9.17, 15) is 14.4 Å². The zero-order valence-corrected chi connectivity index (χ0v) is 14.5. The van der Waals surface area contributed by atoms with Gasteiger partial charge in [-0.3, -0.25) is 9.59 Å². The van der Waals surface area contributed by atoms with Crippen LogP contribution in [0, 0.1) is 0 Å². The Morgan fingerprint density at radius 3 is 2.44 bits per heavy atom. The van der Waals surface area contributed by atoms with Crippen LogP contribution in [-0.2, 0) is 14.3 Å². The number of likely N-dealkylation sites (tertiary alicyclic amines) is 1. The number of amides is 3. The fraction of sp³-hybridized carbons (Fsp3) is 0.250. The number of ether oxygens (including phenoxy) is 1. The number of hydrogen-bond donors (Lipinski definition) is 0. The quantitative estimate of drug-likeness (QED) is 0.781. The molecule has 1 aromatic heterocycles. The summed E-state index contributed by atoms with van der Waals surface area (Å²) in [5, 5.41) is 0. The Kier molecular flexibility index (Phi) is 4.27. The maximum atomic E-state index is 12.9. The van der Waals surface area contributed by atoms with E-state index in [4.69, 9.17) is 9.15 Å². The van der Waals surface area contributed by atoms with Crippen LogP contribution in [0.2, 0.25) is 0 Å². The molecule has 2 aliphatic rings. The predicted molar refractivity (Wildman–Crippen MR) is 96.7 cm³/mol. The molecule has 0 unspecified atom stereocenters. The molecular weight excluding hydrogens is 348 g/mol. The molecule has 0 saturated carbocycles. The number of carbonyl (C=O) groups is 3. The Labute approximate surface area is 155 Å². The highest BCUT2D eigenvalue weighted by molar-refractivity contribution is 6.20. The molecule has 0 bridgehead atoms. The van der Waals surface area contributed by atoms with Crippen molar-refractivity contribution in [2.24, 2.45) is 0 Å². The average Bonchev–Trinajstić information content (AvgIpc) is 3.28. The molecule has 0 radical (unpaired) electrons. The molecule has 7 nitrogen and oxygen atoms in total. The fourth-order valence-corrected chi connectivity index (χ4v) is 3.39. The van der Waals surface area contributed by atoms with Gasteiger partial charge in [0.05, 0.1) is 12.0 Å². The number of piperidine rings is 1. The molecule has 27 heavy (non-hydrogen) atoms. The normalized spacial score (nSPS) is 19.1. The minimum atomic E-state index is -1.19. The number of anilines is 1. The number of carbonyl (C=O) groups excluding carboxylic acids is 3. The number of nitrogens with zero attached hydrogens (tertiary/aromatic N) is 2. The molecule has 2 fully saturated rings. The van der Waals surface area contributed by atoms with E-state index in [1.165, 1.54) is 12.3 Å². The van der Waals surface area contributed by atoms with Crippen molar-refractivity contribution in [2.45, 2.75) is 18.4 Å². The smallest absolute Gasteiger partial charge is 0.422 e. The largest absolute Gasteiger partial charge is 0.465 e. The number of furan rings is 1. The molecule has 3 amide bonds. The Balaban J connectivity index is 1.43. The Hall–Kier alpha value is -3.35. The van der Waals surface area contributed by atoms with E-state index in [2.05, 4.69) is 0 Å². The van der Waals surface area contributed by atoms with Crippen LogP contribution in [0.3, 0.4) is 0 Å². The molecule has 1 aromatic carbocycles. The van der Waals surface area contributed by atoms with E-state index in [1.807, 2.05) is 6.07 Å². The first kappa shape index (κ1) is 17.1. The summed E-state index contributed by atoms with van der Waals surface area (Å²) in [5.74, 6) is 0.0603. The van der Waals surface area contributed by atoms with Crippen LogP contribution in [0.15, 0.2) is 59.2 Å². The van der Waals surface area contributed by atoms with Crippen LogP contribution in [0.5, 0.6) is 0 Å². The van der Waals surface area contributed by atoms with Gasteiger partial charge < -0.3 is 14.1 Å². The molecule has 2 aromatic rings. The summed E-state index contributed by atoms with van der Waals surface area (Å²) in [5.41, 5.74) is -0.696. The number of imide groups is 1. The Bertz CT molecular complexity index is 880. The first-order valence-electron chi connectivity index (χ1n) is 8.72. The van der Waals surface area contributed by atoms with Crippen molar-refractivity contribution < 1.29 is 23.5 Å². The maximum absolute atomic E-state index is 12.9. The van der Waals surface area contributed by atoms with Gasteiger partial charge in [-0.25, -0.2) is 9.69 Å². The monoisotopic (exact) mass is 366 g/mol. The van der Waals surface area contributed by atoms with Crippen molar-refractivity contribution in [3.05, 3.63) is 60.6 Å². The lowest BCUT2D eigenvalue weighted by Gasteiger charge is -2.35. The van der Waals surface area contributed by atoms with Crippen LogP contribution in [0.4, 0.5) is 10.5 Å². The van der Waals surface area contributed by atoms with Crippen molar-refractivity contribution in [3.8, 4) is 0 Å². The maximum Gasteiger partial charge on any atom is 0.422 e. The van der Waals surface area contributed by atoms with Gasteiger partial charge >= 0.3 is 6.09 Å². The Morgan fingerprint density at radius 1 is 1.04 bits per heavy atom. The van der Waals surface area contributed by atoms with E-state index >= 15 is 0 Å². The second-order valence-corrected chi connectivity index (χ2v) is 6.51. The summed E-state index contributed by atoms with van der Waals surface area (Å²) in [4.78, 5) is 40.2. The predicted octanol–water partition coefficient (Wildman–Crippen LogP) is 2.84. The van der Waals surface area contributed by atoms with Gasteiger partial charge in [-0.2, -0.15) is 0 Å². The Morgan fingerprint density at radius 2 is 1.78 bits per heavy atom. The lowest BCUT2D eigenvalue weighted by Crippen LogP contribution is -2.51. The molecule has 1 spiro atoms. The molecule has 7 heteroatoms. The molecule has 0 aliphatic carbocycles. The van der Waals surface area contributed by atoms with Crippen LogP contribution in [-0.4, -0.2) is 41.5 Å². The van der Waals surface area contributed by atoms with Crippen molar-refractivity contribution in [1.82, 2.24) is 4.90 Å². The van der Waals surface area contributed by atoms with Crippen LogP contribution in [0.1, 0.15) is 18.6 Å². The molecule has 3 heterocycles. The second kappa shape index (κ2) is 6.75. The van der Waals surface area contributed by atoms with Gasteiger partial charge in [0.2, 0.25) is 5.91 Å². The van der Waals surface area contributed by atoms with E-state index in [1.54, 1.807) is 47.4 Å². The highest BCUT2D eigenvalue weighted by Crippen LogP contribution is 2.36. The van der Waals surface area contributed by atoms with Gasteiger partial charge in [-0.05, 0) is 30.3 Å². The summed E-state index contributed by atoms with van der Waals surface area (Å²) in [6, 6.07) is 12.2. The average molecular weight is 366 g/mol. The van der Waals surface area contributed by atoms with E-state index in [-0.39, 0.29) is 24.7 Å². The topological polar surface area (TPSA) is 80.1 Å². The van der Waals surface area contributed by atoms with E-state index in [0.717, 1.165) is 4.90 Å². The minimum Gasteiger partial charge on any atom is -0.465 e. The fourth-order valence-electron chi connectivity index (χ4n) is 3.39. The summed E-state index contributed by atoms with van der Waals surface area (Å²) < 4.78 is 10.6. The first-order valence-corrected chi connectivity index (χ1v) is 8.72. The summed E-state index contributed by atoms with van der Waals surface area (Å²) in [6.45, 7) is 0.673. The zero-order valence-electron chi connectivity index (χ0n) is 14.5. The van der Waals surface area contributed by atoms with Gasteiger partial charge in [0.15, 0.2) is 5.60 Å². The van der Waals surface area contributed by atoms with E-state index in [0.29, 0.717) is 24.5 Å². The van der Waals surface area contributed by atoms with Crippen LogP contribution >= 0.6 is 0 Å². The molecule has 2 saturated heterocycles. The number of para-hydroxylation sites is 1. The molecule has 0 atom stereocenters. The molecule has 4 rings (SSSR count). The lowest BCUT2D eigenvalue weighted by atomic mass is 9.90. The third-order valence-electron chi connectivity index (χ3n) is 4.89. The minimum absolute atomic E-state index is 0.169. The molecule has 0 N–H and O–H groups in total. The van der Waals surface area contributed by atoms with Gasteiger partial charge in [0.25, 0.3) is 5.91 Å². The van der Waals surface area contributed by atoms with Crippen molar-refractivity contribution in [2.75, 3.05) is 18.0 Å². The highest BCUT2D eigenvalue weighted by atomic mass is 16.6. The molecule has 2 aliphatic heterocycles. The van der Waals surface area contributed by atoms with Gasteiger partial charge in [0, 0.05) is 32.0 Å². The summed E-state index contributed by atoms with van der Waals surface area (Å²) in [7, 11) is 0. The van der Waals surface area contributed by atoms with Crippen LogP contribution < -0.4 is 4.90 Å². The second-order valence-electron chi connectivity index (χ2n) is 6.51. The lowest BCUT2D eigenvalue weighted by molar-refractivity contribution is -0.139. The van der Waals surface area contributed by atoms with Gasteiger partial charge in [-0.15, -0.1) is 0 Å². The summed E-state index contributed by atoms with van der Waals surface area (Å²) in [6.07, 6.45) is 4.47. The number of hydrogen-bond acceptors (Lipinski definition) is 5. The third-order valence-corrected chi connectivity index (χ3v) is 4.89. The summed E-state index contributed by atoms with van der Waals surface area (Å²) >= 11 is 0.